The molecule has 0 aliphatic heterocycles. The fraction of sp³-hybridized carbons (Fsp3) is 0.167. The summed E-state index contributed by atoms with van der Waals surface area (Å²) in [6.07, 6.45) is -0.237. The first-order chi connectivity index (χ1) is 8.04. The van der Waals surface area contributed by atoms with Crippen molar-refractivity contribution >= 4 is 17.6 Å². The minimum atomic E-state index is -0.989. The molecule has 0 aliphatic carbocycles. The average Bonchev–Trinajstić information content (AvgIpc) is 2.28. The van der Waals surface area contributed by atoms with Crippen molar-refractivity contribution in [2.75, 3.05) is 12.8 Å². The Balaban J connectivity index is 2.92. The number of anilines is 1. The Morgan fingerprint density at radius 2 is 2.18 bits per heavy atom. The van der Waals surface area contributed by atoms with Gasteiger partial charge in [-0.3, -0.25) is 4.79 Å². The Kier molecular flexibility index (Phi) is 4.12. The number of benzene rings is 1. The fourth-order valence-corrected chi connectivity index (χ4v) is 1.16. The number of rotatable bonds is 2. The summed E-state index contributed by atoms with van der Waals surface area (Å²) in [7, 11) is 1.27. The first-order valence-electron chi connectivity index (χ1n) is 4.73. The Bertz CT molecular complexity index is 511. The maximum Gasteiger partial charge on any atom is 0.339 e. The minimum absolute atomic E-state index is 0.237. The number of esters is 1. The predicted octanol–water partition coefficient (Wildman–Crippen LogP) is 0.882. The molecule has 0 heterocycles. The van der Waals surface area contributed by atoms with Gasteiger partial charge in [0.1, 0.15) is 6.42 Å². The van der Waals surface area contributed by atoms with Gasteiger partial charge >= 0.3 is 11.9 Å². The number of nitrogen functional groups attached to an aromatic ring is 1. The van der Waals surface area contributed by atoms with Crippen molar-refractivity contribution in [2.45, 2.75) is 6.42 Å². The molecule has 5 heteroatoms. The molecule has 0 aliphatic rings. The second-order valence-electron chi connectivity index (χ2n) is 3.17. The van der Waals surface area contributed by atoms with E-state index in [4.69, 9.17) is 10.8 Å². The van der Waals surface area contributed by atoms with Crippen molar-refractivity contribution in [3.63, 3.8) is 0 Å². The zero-order valence-electron chi connectivity index (χ0n) is 9.19. The van der Waals surface area contributed by atoms with E-state index >= 15 is 0 Å². The molecule has 17 heavy (non-hydrogen) atoms. The largest absolute Gasteiger partial charge is 0.481 e. The van der Waals surface area contributed by atoms with Crippen LogP contribution in [-0.2, 0) is 9.53 Å². The molecule has 0 aromatic heterocycles. The molecule has 0 saturated carbocycles. The highest BCUT2D eigenvalue weighted by molar-refractivity contribution is 5.95. The van der Waals surface area contributed by atoms with Crippen LogP contribution < -0.4 is 5.73 Å². The highest BCUT2D eigenvalue weighted by Crippen LogP contribution is 2.14. The van der Waals surface area contributed by atoms with Gasteiger partial charge in [0, 0.05) is 11.3 Å². The number of hydrogen-bond donors (Lipinski definition) is 2. The lowest BCUT2D eigenvalue weighted by Gasteiger charge is -2.03. The van der Waals surface area contributed by atoms with Crippen LogP contribution in [0.4, 0.5) is 5.69 Å². The predicted molar refractivity (Wildman–Crippen MR) is 61.3 cm³/mol. The molecule has 3 N–H and O–H groups in total. The van der Waals surface area contributed by atoms with Crippen molar-refractivity contribution in [3.8, 4) is 11.8 Å². The topological polar surface area (TPSA) is 89.6 Å². The molecular formula is C12H11NO4. The number of carbonyl (C=O) groups is 2. The van der Waals surface area contributed by atoms with Gasteiger partial charge in [-0.25, -0.2) is 4.79 Å². The van der Waals surface area contributed by atoms with Crippen molar-refractivity contribution in [1.82, 2.24) is 0 Å². The SMILES string of the molecule is COC(=O)c1ccc(C#CCC(=O)O)cc1N. The van der Waals surface area contributed by atoms with Crippen LogP contribution >= 0.6 is 0 Å². The summed E-state index contributed by atoms with van der Waals surface area (Å²) in [5.74, 6) is 3.60. The quantitative estimate of drug-likeness (QED) is 0.449. The van der Waals surface area contributed by atoms with Gasteiger partial charge in [0.25, 0.3) is 0 Å². The molecule has 0 fully saturated rings. The second kappa shape index (κ2) is 5.56. The van der Waals surface area contributed by atoms with E-state index in [0.717, 1.165) is 0 Å². The van der Waals surface area contributed by atoms with Gasteiger partial charge in [-0.15, -0.1) is 0 Å². The summed E-state index contributed by atoms with van der Waals surface area (Å²) in [6, 6.07) is 4.57. The normalized spacial score (nSPS) is 9.00. The lowest BCUT2D eigenvalue weighted by Crippen LogP contribution is -2.05. The number of carbonyl (C=O) groups excluding carboxylic acids is 1. The molecule has 0 atom stereocenters. The van der Waals surface area contributed by atoms with Crippen molar-refractivity contribution < 1.29 is 19.4 Å². The van der Waals surface area contributed by atoms with Crippen LogP contribution in [0.5, 0.6) is 0 Å². The summed E-state index contributed by atoms with van der Waals surface area (Å²) in [6.45, 7) is 0. The molecule has 88 valence electrons. The van der Waals surface area contributed by atoms with E-state index in [9.17, 15) is 9.59 Å². The molecule has 0 amide bonds. The molecule has 1 rings (SSSR count). The van der Waals surface area contributed by atoms with Crippen LogP contribution in [0.15, 0.2) is 18.2 Å². The van der Waals surface area contributed by atoms with Gasteiger partial charge in [-0.2, -0.15) is 0 Å². The van der Waals surface area contributed by atoms with E-state index in [2.05, 4.69) is 16.6 Å². The maximum atomic E-state index is 11.2. The van der Waals surface area contributed by atoms with Crippen LogP contribution in [0.25, 0.3) is 0 Å². The minimum Gasteiger partial charge on any atom is -0.481 e. The van der Waals surface area contributed by atoms with Crippen molar-refractivity contribution in [2.24, 2.45) is 0 Å². The summed E-state index contributed by atoms with van der Waals surface area (Å²) in [5, 5.41) is 8.41. The molecule has 0 saturated heterocycles. The van der Waals surface area contributed by atoms with Crippen molar-refractivity contribution in [3.05, 3.63) is 29.3 Å². The number of nitrogens with two attached hydrogens (primary N) is 1. The maximum absolute atomic E-state index is 11.2. The van der Waals surface area contributed by atoms with Gasteiger partial charge in [0.05, 0.1) is 12.7 Å². The standard InChI is InChI=1S/C12H11NO4/c1-17-12(16)9-6-5-8(7-10(9)13)3-2-4-11(14)15/h5-7H,4,13H2,1H3,(H,14,15). The first kappa shape index (κ1) is 12.6. The van der Waals surface area contributed by atoms with Crippen molar-refractivity contribution in [1.29, 1.82) is 0 Å². The molecule has 0 bridgehead atoms. The third kappa shape index (κ3) is 3.54. The first-order valence-corrected chi connectivity index (χ1v) is 4.73. The lowest BCUT2D eigenvalue weighted by molar-refractivity contribution is -0.135. The van der Waals surface area contributed by atoms with E-state index in [0.29, 0.717) is 5.56 Å². The molecule has 1 aromatic rings. The average molecular weight is 233 g/mol. The molecule has 0 radical (unpaired) electrons. The van der Waals surface area contributed by atoms with Crippen LogP contribution in [0.2, 0.25) is 0 Å². The third-order valence-corrected chi connectivity index (χ3v) is 1.93. The molecule has 0 unspecified atom stereocenters. The van der Waals surface area contributed by atoms with Crippen LogP contribution in [-0.4, -0.2) is 24.2 Å². The highest BCUT2D eigenvalue weighted by Gasteiger charge is 2.09. The van der Waals surface area contributed by atoms with Crippen LogP contribution in [0, 0.1) is 11.8 Å². The zero-order valence-corrected chi connectivity index (χ0v) is 9.19. The number of carboxylic acid groups (broad SMARTS) is 1. The van der Waals surface area contributed by atoms with E-state index in [1.165, 1.54) is 19.2 Å². The van der Waals surface area contributed by atoms with Gasteiger partial charge in [0.15, 0.2) is 0 Å². The summed E-state index contributed by atoms with van der Waals surface area (Å²) >= 11 is 0. The lowest BCUT2D eigenvalue weighted by atomic mass is 10.1. The highest BCUT2D eigenvalue weighted by atomic mass is 16.5. The Labute approximate surface area is 98.2 Å². The summed E-state index contributed by atoms with van der Waals surface area (Å²) in [5.41, 5.74) is 6.71. The third-order valence-electron chi connectivity index (χ3n) is 1.93. The monoisotopic (exact) mass is 233 g/mol. The van der Waals surface area contributed by atoms with E-state index in [1.807, 2.05) is 0 Å². The number of hydrogen-bond acceptors (Lipinski definition) is 4. The molecule has 1 aromatic carbocycles. The Morgan fingerprint density at radius 1 is 1.47 bits per heavy atom. The smallest absolute Gasteiger partial charge is 0.339 e. The van der Waals surface area contributed by atoms with E-state index in [1.54, 1.807) is 6.07 Å². The van der Waals surface area contributed by atoms with Gasteiger partial charge in [0.2, 0.25) is 0 Å². The summed E-state index contributed by atoms with van der Waals surface area (Å²) in [4.78, 5) is 21.5. The molecular weight excluding hydrogens is 222 g/mol. The molecule has 5 nitrogen and oxygen atoms in total. The molecule has 0 spiro atoms. The summed E-state index contributed by atoms with van der Waals surface area (Å²) < 4.78 is 4.54. The van der Waals surface area contributed by atoms with Crippen LogP contribution in [0.3, 0.4) is 0 Å². The number of aliphatic carboxylic acids is 1. The Morgan fingerprint density at radius 3 is 2.71 bits per heavy atom. The number of ether oxygens (including phenoxy) is 1. The number of methoxy groups -OCH3 is 1. The number of carboxylic acids is 1. The van der Waals surface area contributed by atoms with Gasteiger partial charge in [-0.05, 0) is 18.2 Å². The zero-order chi connectivity index (χ0) is 12.8. The van der Waals surface area contributed by atoms with Gasteiger partial charge < -0.3 is 15.6 Å². The van der Waals surface area contributed by atoms with E-state index < -0.39 is 11.9 Å². The van der Waals surface area contributed by atoms with Gasteiger partial charge in [-0.1, -0.05) is 11.8 Å². The second-order valence-corrected chi connectivity index (χ2v) is 3.17. The van der Waals surface area contributed by atoms with Crippen LogP contribution in [0.1, 0.15) is 22.3 Å². The fourth-order valence-electron chi connectivity index (χ4n) is 1.16. The van der Waals surface area contributed by atoms with E-state index in [-0.39, 0.29) is 17.7 Å². The Hall–Kier alpha value is -2.48.